The van der Waals surface area contributed by atoms with Crippen LogP contribution in [0, 0.1) is 0 Å². The molecule has 0 heterocycles. The van der Waals surface area contributed by atoms with Crippen molar-refractivity contribution in [3.8, 4) is 11.5 Å². The van der Waals surface area contributed by atoms with E-state index in [2.05, 4.69) is 0 Å². The van der Waals surface area contributed by atoms with Gasteiger partial charge in [0.15, 0.2) is 13.2 Å². The normalized spacial score (nSPS) is 9.84. The molecule has 0 aromatic heterocycles. The Morgan fingerprint density at radius 3 is 1.58 bits per heavy atom. The largest absolute Gasteiger partial charge is 0.484 e. The first kappa shape index (κ1) is 15.8. The highest BCUT2D eigenvalue weighted by Crippen LogP contribution is 2.24. The number of ether oxygens (including phenoxy) is 2. The van der Waals surface area contributed by atoms with Crippen LogP contribution in [0.1, 0.15) is 10.4 Å². The molecule has 0 atom stereocenters. The number of carbonyl (C=O) groups excluding carboxylic acids is 3. The van der Waals surface area contributed by atoms with E-state index in [1.807, 2.05) is 0 Å². The lowest BCUT2D eigenvalue weighted by atomic mass is 10.2. The van der Waals surface area contributed by atoms with Crippen LogP contribution >= 0.6 is 34.8 Å². The van der Waals surface area contributed by atoms with E-state index in [0.717, 1.165) is 0 Å². The third-order valence-electron chi connectivity index (χ3n) is 1.81. The molecule has 0 aliphatic rings. The Hall–Kier alpha value is -1.30. The van der Waals surface area contributed by atoms with Gasteiger partial charge in [0.1, 0.15) is 11.5 Å². The smallest absolute Gasteiger partial charge is 0.259 e. The molecule has 0 bridgehead atoms. The van der Waals surface area contributed by atoms with Crippen LogP contribution in [0.25, 0.3) is 0 Å². The van der Waals surface area contributed by atoms with Crippen molar-refractivity contribution < 1.29 is 23.9 Å². The highest BCUT2D eigenvalue weighted by molar-refractivity contribution is 6.67. The van der Waals surface area contributed by atoms with Crippen LogP contribution < -0.4 is 9.47 Å². The second kappa shape index (κ2) is 7.33. The lowest BCUT2D eigenvalue weighted by Crippen LogP contribution is -2.07. The molecule has 0 saturated carbocycles. The molecule has 0 N–H and O–H groups in total. The van der Waals surface area contributed by atoms with Gasteiger partial charge in [-0.25, -0.2) is 0 Å². The van der Waals surface area contributed by atoms with Gasteiger partial charge in [0.2, 0.25) is 0 Å². The van der Waals surface area contributed by atoms with E-state index in [0.29, 0.717) is 0 Å². The molecule has 0 amide bonds. The lowest BCUT2D eigenvalue weighted by Gasteiger charge is -2.09. The topological polar surface area (TPSA) is 69.7 Å². The molecule has 0 fully saturated rings. The summed E-state index contributed by atoms with van der Waals surface area (Å²) in [6.07, 6.45) is 0. The average Bonchev–Trinajstić information content (AvgIpc) is 2.33. The van der Waals surface area contributed by atoms with E-state index >= 15 is 0 Å². The zero-order valence-electron chi connectivity index (χ0n) is 9.32. The number of hydrogen-bond donors (Lipinski definition) is 0. The first-order valence-corrected chi connectivity index (χ1v) is 5.99. The molecule has 19 heavy (non-hydrogen) atoms. The van der Waals surface area contributed by atoms with Crippen molar-refractivity contribution in [2.75, 3.05) is 13.2 Å². The third-order valence-corrected chi connectivity index (χ3v) is 2.25. The minimum atomic E-state index is -0.746. The summed E-state index contributed by atoms with van der Waals surface area (Å²) in [7, 11) is 0. The summed E-state index contributed by atoms with van der Waals surface area (Å²) < 4.78 is 10.0. The van der Waals surface area contributed by atoms with Crippen LogP contribution in [0.15, 0.2) is 18.2 Å². The highest BCUT2D eigenvalue weighted by Gasteiger charge is 2.10. The maximum absolute atomic E-state index is 11.1. The molecular formula is C11H7Cl3O5. The van der Waals surface area contributed by atoms with Crippen LogP contribution in [0.5, 0.6) is 11.5 Å². The SMILES string of the molecule is O=C(Cl)COc1cc(OCC(=O)Cl)cc(C(=O)Cl)c1. The first-order chi connectivity index (χ1) is 8.88. The van der Waals surface area contributed by atoms with E-state index in [4.69, 9.17) is 44.3 Å². The summed E-state index contributed by atoms with van der Waals surface area (Å²) in [5, 5.41) is -2.16. The van der Waals surface area contributed by atoms with Crippen molar-refractivity contribution in [2.24, 2.45) is 0 Å². The van der Waals surface area contributed by atoms with E-state index in [-0.39, 0.29) is 30.3 Å². The van der Waals surface area contributed by atoms with Gasteiger partial charge in [0, 0.05) is 11.6 Å². The van der Waals surface area contributed by atoms with Gasteiger partial charge in [0.05, 0.1) is 0 Å². The summed E-state index contributed by atoms with van der Waals surface area (Å²) >= 11 is 15.6. The standard InChI is InChI=1S/C11H7Cl3O5/c12-9(15)4-18-7-1-6(11(14)17)2-8(3-7)19-5-10(13)16/h1-3H,4-5H2. The van der Waals surface area contributed by atoms with E-state index in [1.54, 1.807) is 0 Å². The zero-order chi connectivity index (χ0) is 14.4. The Kier molecular flexibility index (Phi) is 6.08. The Bertz CT molecular complexity index is 479. The maximum Gasteiger partial charge on any atom is 0.259 e. The molecule has 1 aromatic rings. The number of rotatable bonds is 7. The molecule has 0 aliphatic carbocycles. The fourth-order valence-electron chi connectivity index (χ4n) is 1.13. The minimum Gasteiger partial charge on any atom is -0.484 e. The van der Waals surface area contributed by atoms with Crippen LogP contribution in [0.4, 0.5) is 0 Å². The Morgan fingerprint density at radius 2 is 1.26 bits per heavy atom. The second-order valence-electron chi connectivity index (χ2n) is 3.25. The summed E-state index contributed by atoms with van der Waals surface area (Å²) in [6.45, 7) is -0.759. The van der Waals surface area contributed by atoms with Crippen molar-refractivity contribution in [1.82, 2.24) is 0 Å². The van der Waals surface area contributed by atoms with Gasteiger partial charge in [-0.3, -0.25) is 14.4 Å². The molecule has 8 heteroatoms. The number of carbonyl (C=O) groups is 3. The predicted molar refractivity (Wildman–Crippen MR) is 69.3 cm³/mol. The molecule has 0 saturated heterocycles. The molecular weight excluding hydrogens is 318 g/mol. The zero-order valence-corrected chi connectivity index (χ0v) is 11.6. The van der Waals surface area contributed by atoms with E-state index < -0.39 is 15.7 Å². The lowest BCUT2D eigenvalue weighted by molar-refractivity contribution is -0.114. The second-order valence-corrected chi connectivity index (χ2v) is 4.44. The van der Waals surface area contributed by atoms with Crippen molar-refractivity contribution >= 4 is 50.5 Å². The van der Waals surface area contributed by atoms with E-state index in [9.17, 15) is 14.4 Å². The maximum atomic E-state index is 11.1. The van der Waals surface area contributed by atoms with Crippen molar-refractivity contribution in [1.29, 1.82) is 0 Å². The van der Waals surface area contributed by atoms with Crippen LogP contribution in [0.3, 0.4) is 0 Å². The van der Waals surface area contributed by atoms with Gasteiger partial charge in [-0.05, 0) is 46.9 Å². The molecule has 0 aliphatic heterocycles. The van der Waals surface area contributed by atoms with Gasteiger partial charge in [0.25, 0.3) is 15.7 Å². The minimum absolute atomic E-state index is 0.0817. The van der Waals surface area contributed by atoms with Crippen LogP contribution in [-0.2, 0) is 9.59 Å². The monoisotopic (exact) mass is 324 g/mol. The fourth-order valence-corrected chi connectivity index (χ4v) is 1.35. The molecule has 102 valence electrons. The Balaban J connectivity index is 2.93. The highest BCUT2D eigenvalue weighted by atomic mass is 35.5. The van der Waals surface area contributed by atoms with Crippen LogP contribution in [-0.4, -0.2) is 28.9 Å². The molecule has 1 aromatic carbocycles. The van der Waals surface area contributed by atoms with Gasteiger partial charge in [-0.2, -0.15) is 0 Å². The number of benzene rings is 1. The molecule has 1 rings (SSSR count). The van der Waals surface area contributed by atoms with Crippen LogP contribution in [0.2, 0.25) is 0 Å². The number of hydrogen-bond acceptors (Lipinski definition) is 5. The van der Waals surface area contributed by atoms with Gasteiger partial charge >= 0.3 is 0 Å². The Morgan fingerprint density at radius 1 is 0.842 bits per heavy atom. The van der Waals surface area contributed by atoms with Crippen molar-refractivity contribution in [3.63, 3.8) is 0 Å². The van der Waals surface area contributed by atoms with Gasteiger partial charge < -0.3 is 9.47 Å². The van der Waals surface area contributed by atoms with Crippen molar-refractivity contribution in [2.45, 2.75) is 0 Å². The van der Waals surface area contributed by atoms with Crippen molar-refractivity contribution in [3.05, 3.63) is 23.8 Å². The Labute approximate surface area is 123 Å². The first-order valence-electron chi connectivity index (χ1n) is 4.85. The third kappa shape index (κ3) is 5.92. The average molecular weight is 326 g/mol. The van der Waals surface area contributed by atoms with Gasteiger partial charge in [-0.1, -0.05) is 0 Å². The molecule has 0 radical (unpaired) electrons. The summed E-state index contributed by atoms with van der Waals surface area (Å²) in [5.41, 5.74) is 0.0817. The molecule has 0 unspecified atom stereocenters. The molecule has 5 nitrogen and oxygen atoms in total. The quantitative estimate of drug-likeness (QED) is 0.720. The fraction of sp³-hybridized carbons (Fsp3) is 0.182. The number of halogens is 3. The van der Waals surface area contributed by atoms with Gasteiger partial charge in [-0.15, -0.1) is 0 Å². The summed E-state index contributed by atoms with van der Waals surface area (Å²) in [4.78, 5) is 32.3. The predicted octanol–water partition coefficient (Wildman–Crippen LogP) is 2.35. The van der Waals surface area contributed by atoms with E-state index in [1.165, 1.54) is 18.2 Å². The summed E-state index contributed by atoms with van der Waals surface area (Å²) in [5.74, 6) is 0.301. The summed E-state index contributed by atoms with van der Waals surface area (Å²) in [6, 6.07) is 3.98. The molecule has 0 spiro atoms.